The van der Waals surface area contributed by atoms with Crippen LogP contribution in [0.1, 0.15) is 47.3 Å². The van der Waals surface area contributed by atoms with Gasteiger partial charge in [-0.15, -0.1) is 0 Å². The van der Waals surface area contributed by atoms with Gasteiger partial charge in [0.25, 0.3) is 6.43 Å². The van der Waals surface area contributed by atoms with Crippen LogP contribution in [-0.4, -0.2) is 12.6 Å². The van der Waals surface area contributed by atoms with Crippen LogP contribution >= 0.6 is 0 Å². The Labute approximate surface area is 104 Å². The number of esters is 1. The van der Waals surface area contributed by atoms with Crippen molar-refractivity contribution in [2.24, 2.45) is 0 Å². The number of alkyl halides is 2. The SMILES string of the molecule is CCOC(=O)c1cc(C#N)cc(CC)c1C(F)F. The number of hydrogen-bond donors (Lipinski definition) is 0. The average molecular weight is 253 g/mol. The molecule has 18 heavy (non-hydrogen) atoms. The predicted molar refractivity (Wildman–Crippen MR) is 61.4 cm³/mol. The highest BCUT2D eigenvalue weighted by Crippen LogP contribution is 2.29. The number of ether oxygens (including phenoxy) is 1. The molecule has 0 unspecified atom stereocenters. The molecule has 0 saturated heterocycles. The first kappa shape index (κ1) is 14.1. The minimum absolute atomic E-state index is 0.0970. The van der Waals surface area contributed by atoms with E-state index >= 15 is 0 Å². The van der Waals surface area contributed by atoms with Crippen molar-refractivity contribution in [2.75, 3.05) is 6.61 Å². The van der Waals surface area contributed by atoms with E-state index in [1.54, 1.807) is 13.8 Å². The van der Waals surface area contributed by atoms with Crippen LogP contribution in [0.5, 0.6) is 0 Å². The van der Waals surface area contributed by atoms with Gasteiger partial charge < -0.3 is 4.74 Å². The van der Waals surface area contributed by atoms with Gasteiger partial charge in [0, 0.05) is 5.56 Å². The van der Waals surface area contributed by atoms with Crippen LogP contribution in [0.2, 0.25) is 0 Å². The van der Waals surface area contributed by atoms with E-state index in [0.29, 0.717) is 12.0 Å². The number of halogens is 2. The quantitative estimate of drug-likeness (QED) is 0.774. The van der Waals surface area contributed by atoms with Gasteiger partial charge in [-0.3, -0.25) is 0 Å². The Morgan fingerprint density at radius 2 is 2.11 bits per heavy atom. The standard InChI is InChI=1S/C13H13F2NO2/c1-3-9-5-8(7-16)6-10(11(9)12(14)15)13(17)18-4-2/h5-6,12H,3-4H2,1-2H3. The van der Waals surface area contributed by atoms with E-state index in [4.69, 9.17) is 10.00 Å². The maximum Gasteiger partial charge on any atom is 0.338 e. The zero-order chi connectivity index (χ0) is 13.7. The highest BCUT2D eigenvalue weighted by molar-refractivity contribution is 5.92. The second-order valence-corrected chi connectivity index (χ2v) is 3.58. The van der Waals surface area contributed by atoms with Crippen molar-refractivity contribution in [1.29, 1.82) is 5.26 Å². The number of hydrogen-bond acceptors (Lipinski definition) is 3. The van der Waals surface area contributed by atoms with Crippen molar-refractivity contribution >= 4 is 5.97 Å². The van der Waals surface area contributed by atoms with Crippen LogP contribution in [0.3, 0.4) is 0 Å². The maximum absolute atomic E-state index is 13.0. The van der Waals surface area contributed by atoms with Crippen molar-refractivity contribution in [2.45, 2.75) is 26.7 Å². The Morgan fingerprint density at radius 3 is 2.56 bits per heavy atom. The molecule has 96 valence electrons. The van der Waals surface area contributed by atoms with Crippen molar-refractivity contribution in [3.05, 3.63) is 34.4 Å². The molecular weight excluding hydrogens is 240 g/mol. The molecular formula is C13H13F2NO2. The summed E-state index contributed by atoms with van der Waals surface area (Å²) in [6, 6.07) is 4.38. The number of carbonyl (C=O) groups excluding carboxylic acids is 1. The van der Waals surface area contributed by atoms with E-state index in [1.807, 2.05) is 6.07 Å². The van der Waals surface area contributed by atoms with Gasteiger partial charge in [-0.05, 0) is 31.0 Å². The molecule has 1 aromatic carbocycles. The highest BCUT2D eigenvalue weighted by atomic mass is 19.3. The lowest BCUT2D eigenvalue weighted by Gasteiger charge is -2.13. The third-order valence-electron chi connectivity index (χ3n) is 2.49. The van der Waals surface area contributed by atoms with E-state index in [-0.39, 0.29) is 23.3 Å². The summed E-state index contributed by atoms with van der Waals surface area (Å²) >= 11 is 0. The Hall–Kier alpha value is -1.96. The fourth-order valence-electron chi connectivity index (χ4n) is 1.71. The van der Waals surface area contributed by atoms with Gasteiger partial charge in [-0.2, -0.15) is 5.26 Å². The molecule has 0 bridgehead atoms. The van der Waals surface area contributed by atoms with Gasteiger partial charge in [0.05, 0.1) is 23.8 Å². The molecule has 0 fully saturated rings. The minimum Gasteiger partial charge on any atom is -0.462 e. The van der Waals surface area contributed by atoms with E-state index < -0.39 is 12.4 Å². The summed E-state index contributed by atoms with van der Waals surface area (Å²) in [5.74, 6) is -0.820. The molecule has 0 aliphatic heterocycles. The molecule has 1 rings (SSSR count). The van der Waals surface area contributed by atoms with Crippen LogP contribution in [-0.2, 0) is 11.2 Å². The third kappa shape index (κ3) is 2.83. The Balaban J connectivity index is 3.45. The normalized spacial score (nSPS) is 10.2. The summed E-state index contributed by atoms with van der Waals surface area (Å²) < 4.78 is 30.8. The molecule has 0 aromatic heterocycles. The fraction of sp³-hybridized carbons (Fsp3) is 0.385. The largest absolute Gasteiger partial charge is 0.462 e. The average Bonchev–Trinajstić information content (AvgIpc) is 2.36. The lowest BCUT2D eigenvalue weighted by molar-refractivity contribution is 0.0515. The van der Waals surface area contributed by atoms with Gasteiger partial charge in [0.2, 0.25) is 0 Å². The van der Waals surface area contributed by atoms with E-state index in [9.17, 15) is 13.6 Å². The van der Waals surface area contributed by atoms with Crippen LogP contribution in [0.15, 0.2) is 12.1 Å². The number of carbonyl (C=O) groups is 1. The van der Waals surface area contributed by atoms with E-state index in [2.05, 4.69) is 0 Å². The van der Waals surface area contributed by atoms with Gasteiger partial charge >= 0.3 is 5.97 Å². The molecule has 0 spiro atoms. The minimum atomic E-state index is -2.77. The number of rotatable bonds is 4. The van der Waals surface area contributed by atoms with Gasteiger partial charge in [0.15, 0.2) is 0 Å². The summed E-state index contributed by atoms with van der Waals surface area (Å²) in [7, 11) is 0. The van der Waals surface area contributed by atoms with E-state index in [1.165, 1.54) is 6.07 Å². The zero-order valence-electron chi connectivity index (χ0n) is 10.2. The van der Waals surface area contributed by atoms with Gasteiger partial charge in [0.1, 0.15) is 0 Å². The summed E-state index contributed by atoms with van der Waals surface area (Å²) in [6.07, 6.45) is -2.45. The first-order chi connectivity index (χ1) is 8.54. The number of aryl methyl sites for hydroxylation is 1. The zero-order valence-corrected chi connectivity index (χ0v) is 10.2. The predicted octanol–water partition coefficient (Wildman–Crippen LogP) is 3.23. The third-order valence-corrected chi connectivity index (χ3v) is 2.49. The Morgan fingerprint density at radius 1 is 1.44 bits per heavy atom. The lowest BCUT2D eigenvalue weighted by Crippen LogP contribution is -2.11. The molecule has 0 saturated carbocycles. The van der Waals surface area contributed by atoms with Gasteiger partial charge in [-0.25, -0.2) is 13.6 Å². The van der Waals surface area contributed by atoms with Crippen molar-refractivity contribution in [1.82, 2.24) is 0 Å². The number of benzene rings is 1. The molecule has 0 N–H and O–H groups in total. The van der Waals surface area contributed by atoms with Crippen molar-refractivity contribution < 1.29 is 18.3 Å². The van der Waals surface area contributed by atoms with Crippen molar-refractivity contribution in [3.8, 4) is 6.07 Å². The van der Waals surface area contributed by atoms with Crippen LogP contribution in [0, 0.1) is 11.3 Å². The first-order valence-corrected chi connectivity index (χ1v) is 5.57. The molecule has 0 aliphatic carbocycles. The number of nitriles is 1. The monoisotopic (exact) mass is 253 g/mol. The molecule has 0 radical (unpaired) electrons. The molecule has 1 aromatic rings. The lowest BCUT2D eigenvalue weighted by atomic mass is 9.96. The van der Waals surface area contributed by atoms with Crippen molar-refractivity contribution in [3.63, 3.8) is 0 Å². The molecule has 0 atom stereocenters. The smallest absolute Gasteiger partial charge is 0.338 e. The Bertz CT molecular complexity index is 492. The Kier molecular flexibility index (Phi) is 4.78. The summed E-state index contributed by atoms with van der Waals surface area (Å²) in [5, 5.41) is 8.83. The van der Waals surface area contributed by atoms with Gasteiger partial charge in [-0.1, -0.05) is 6.92 Å². The highest BCUT2D eigenvalue weighted by Gasteiger charge is 2.23. The second-order valence-electron chi connectivity index (χ2n) is 3.58. The maximum atomic E-state index is 13.0. The molecule has 5 heteroatoms. The first-order valence-electron chi connectivity index (χ1n) is 5.57. The van der Waals surface area contributed by atoms with Crippen LogP contribution < -0.4 is 0 Å². The van der Waals surface area contributed by atoms with E-state index in [0.717, 1.165) is 6.07 Å². The summed E-state index contributed by atoms with van der Waals surface area (Å²) in [5.41, 5.74) is -0.0795. The molecule has 0 heterocycles. The summed E-state index contributed by atoms with van der Waals surface area (Å²) in [4.78, 5) is 11.6. The number of nitrogens with zero attached hydrogens (tertiary/aromatic N) is 1. The molecule has 0 aliphatic rings. The fourth-order valence-corrected chi connectivity index (χ4v) is 1.71. The van der Waals surface area contributed by atoms with Crippen LogP contribution in [0.25, 0.3) is 0 Å². The summed E-state index contributed by atoms with van der Waals surface area (Å²) in [6.45, 7) is 3.38. The van der Waals surface area contributed by atoms with Crippen LogP contribution in [0.4, 0.5) is 8.78 Å². The molecule has 3 nitrogen and oxygen atoms in total. The second kappa shape index (κ2) is 6.10. The molecule has 0 amide bonds. The topological polar surface area (TPSA) is 50.1 Å².